The van der Waals surface area contributed by atoms with E-state index in [-0.39, 0.29) is 4.90 Å². The first-order valence-corrected chi connectivity index (χ1v) is 7.86. The standard InChI is InChI=1S/C17H22F3NO5/c1-10(2)16(11(3)23,15(26)14(25)13(24)9-22)21(17(18,19)20)12-7-5-4-6-8-12/h4-8,10,13-14,22,24-25H,9H2,1-3H3/t13?,14?,16-/m1/s1. The molecule has 0 bridgehead atoms. The number of para-hydroxylation sites is 1. The minimum Gasteiger partial charge on any atom is -0.394 e. The molecule has 146 valence electrons. The molecule has 0 spiro atoms. The second-order valence-electron chi connectivity index (χ2n) is 6.18. The number of aliphatic hydroxyl groups excluding tert-OH is 3. The molecule has 3 atom stereocenters. The van der Waals surface area contributed by atoms with E-state index in [1.807, 2.05) is 0 Å². The Morgan fingerprint density at radius 1 is 1.12 bits per heavy atom. The van der Waals surface area contributed by atoms with E-state index >= 15 is 0 Å². The van der Waals surface area contributed by atoms with Crippen LogP contribution >= 0.6 is 0 Å². The first-order valence-electron chi connectivity index (χ1n) is 7.86. The van der Waals surface area contributed by atoms with Gasteiger partial charge >= 0.3 is 6.30 Å². The van der Waals surface area contributed by atoms with E-state index in [1.165, 1.54) is 32.0 Å². The van der Waals surface area contributed by atoms with Crippen molar-refractivity contribution in [2.24, 2.45) is 5.92 Å². The summed E-state index contributed by atoms with van der Waals surface area (Å²) in [7, 11) is 0. The summed E-state index contributed by atoms with van der Waals surface area (Å²) in [6, 6.07) is 6.24. The molecule has 0 saturated heterocycles. The molecule has 3 N–H and O–H groups in total. The Labute approximate surface area is 148 Å². The van der Waals surface area contributed by atoms with Crippen LogP contribution in [-0.4, -0.2) is 57.5 Å². The Bertz CT molecular complexity index is 635. The van der Waals surface area contributed by atoms with Gasteiger partial charge in [-0.2, -0.15) is 13.2 Å². The quantitative estimate of drug-likeness (QED) is 0.466. The summed E-state index contributed by atoms with van der Waals surface area (Å²) in [6.45, 7) is 2.23. The minimum atomic E-state index is -5.14. The van der Waals surface area contributed by atoms with Crippen molar-refractivity contribution in [2.45, 2.75) is 44.8 Å². The normalized spacial score (nSPS) is 16.7. The van der Waals surface area contributed by atoms with E-state index in [4.69, 9.17) is 5.11 Å². The van der Waals surface area contributed by atoms with Crippen molar-refractivity contribution < 1.29 is 38.1 Å². The molecule has 0 saturated carbocycles. The summed E-state index contributed by atoms with van der Waals surface area (Å²) in [5, 5.41) is 28.5. The topological polar surface area (TPSA) is 98.1 Å². The van der Waals surface area contributed by atoms with Gasteiger partial charge in [-0.25, -0.2) is 0 Å². The molecule has 0 aliphatic heterocycles. The highest BCUT2D eigenvalue weighted by Gasteiger charge is 2.61. The van der Waals surface area contributed by atoms with Crippen molar-refractivity contribution in [2.75, 3.05) is 11.5 Å². The van der Waals surface area contributed by atoms with E-state index < -0.39 is 53.8 Å². The number of halogens is 3. The van der Waals surface area contributed by atoms with Gasteiger partial charge in [0.15, 0.2) is 17.1 Å². The van der Waals surface area contributed by atoms with Crippen LogP contribution in [0.3, 0.4) is 0 Å². The molecule has 26 heavy (non-hydrogen) atoms. The number of hydrogen-bond acceptors (Lipinski definition) is 6. The van der Waals surface area contributed by atoms with Crippen molar-refractivity contribution >= 4 is 17.3 Å². The smallest absolute Gasteiger partial charge is 0.394 e. The molecule has 6 nitrogen and oxygen atoms in total. The lowest BCUT2D eigenvalue weighted by Gasteiger charge is -2.46. The fourth-order valence-corrected chi connectivity index (χ4v) is 3.02. The molecule has 0 radical (unpaired) electrons. The largest absolute Gasteiger partial charge is 0.486 e. The molecule has 1 aromatic carbocycles. The molecule has 2 unspecified atom stereocenters. The van der Waals surface area contributed by atoms with Crippen LogP contribution in [0.1, 0.15) is 20.8 Å². The average Bonchev–Trinajstić information content (AvgIpc) is 2.56. The molecule has 1 rings (SSSR count). The van der Waals surface area contributed by atoms with Gasteiger partial charge in [0.2, 0.25) is 0 Å². The maximum absolute atomic E-state index is 14.0. The van der Waals surface area contributed by atoms with Crippen LogP contribution in [0.2, 0.25) is 0 Å². The molecule has 0 aliphatic rings. The van der Waals surface area contributed by atoms with Crippen LogP contribution in [0.15, 0.2) is 30.3 Å². The summed E-state index contributed by atoms with van der Waals surface area (Å²) < 4.78 is 41.9. The van der Waals surface area contributed by atoms with Gasteiger partial charge in [0, 0.05) is 5.69 Å². The van der Waals surface area contributed by atoms with Crippen molar-refractivity contribution in [1.29, 1.82) is 0 Å². The van der Waals surface area contributed by atoms with Crippen molar-refractivity contribution in [3.05, 3.63) is 30.3 Å². The molecule has 0 fully saturated rings. The van der Waals surface area contributed by atoms with E-state index in [2.05, 4.69) is 0 Å². The highest BCUT2D eigenvalue weighted by molar-refractivity contribution is 6.15. The number of hydrogen-bond donors (Lipinski definition) is 3. The van der Waals surface area contributed by atoms with Crippen molar-refractivity contribution in [1.82, 2.24) is 0 Å². The number of carbonyl (C=O) groups is 2. The summed E-state index contributed by atoms with van der Waals surface area (Å²) in [6.07, 6.45) is -9.54. The Morgan fingerprint density at radius 3 is 1.96 bits per heavy atom. The van der Waals surface area contributed by atoms with Crippen LogP contribution in [0, 0.1) is 5.92 Å². The molecule has 0 amide bonds. The molecule has 1 aromatic rings. The fraction of sp³-hybridized carbons (Fsp3) is 0.529. The molecule has 9 heteroatoms. The van der Waals surface area contributed by atoms with Crippen LogP contribution in [0.5, 0.6) is 0 Å². The van der Waals surface area contributed by atoms with Crippen molar-refractivity contribution in [3.63, 3.8) is 0 Å². The number of carbonyl (C=O) groups excluding carboxylic acids is 2. The van der Waals surface area contributed by atoms with Gasteiger partial charge in [0.25, 0.3) is 0 Å². The summed E-state index contributed by atoms with van der Waals surface area (Å²) in [4.78, 5) is 24.9. The fourth-order valence-electron chi connectivity index (χ4n) is 3.02. The first-order chi connectivity index (χ1) is 11.9. The lowest BCUT2D eigenvalue weighted by atomic mass is 9.74. The van der Waals surface area contributed by atoms with Gasteiger partial charge in [-0.1, -0.05) is 32.0 Å². The second kappa shape index (κ2) is 8.15. The Kier molecular flexibility index (Phi) is 6.92. The number of benzene rings is 1. The Hall–Kier alpha value is -1.97. The summed E-state index contributed by atoms with van der Waals surface area (Å²) in [5.74, 6) is -3.90. The summed E-state index contributed by atoms with van der Waals surface area (Å²) in [5.41, 5.74) is -3.29. The van der Waals surface area contributed by atoms with Crippen LogP contribution in [0.4, 0.5) is 18.9 Å². The predicted molar refractivity (Wildman–Crippen MR) is 87.3 cm³/mol. The first kappa shape index (κ1) is 22.1. The number of rotatable bonds is 8. The third-order valence-corrected chi connectivity index (χ3v) is 4.19. The maximum Gasteiger partial charge on any atom is 0.486 e. The van der Waals surface area contributed by atoms with E-state index in [1.54, 1.807) is 0 Å². The van der Waals surface area contributed by atoms with Crippen molar-refractivity contribution in [3.8, 4) is 0 Å². The Morgan fingerprint density at radius 2 is 1.62 bits per heavy atom. The second-order valence-corrected chi connectivity index (χ2v) is 6.18. The van der Waals surface area contributed by atoms with Gasteiger partial charge in [0.05, 0.1) is 6.61 Å². The van der Waals surface area contributed by atoms with Gasteiger partial charge in [-0.3, -0.25) is 14.5 Å². The van der Waals surface area contributed by atoms with Gasteiger partial charge in [-0.15, -0.1) is 0 Å². The highest BCUT2D eigenvalue weighted by atomic mass is 19.4. The maximum atomic E-state index is 14.0. The van der Waals surface area contributed by atoms with Crippen LogP contribution in [0.25, 0.3) is 0 Å². The van der Waals surface area contributed by atoms with Crippen LogP contribution < -0.4 is 4.90 Å². The number of alkyl halides is 3. The summed E-state index contributed by atoms with van der Waals surface area (Å²) >= 11 is 0. The molecule has 0 aromatic heterocycles. The van der Waals surface area contributed by atoms with Gasteiger partial charge in [-0.05, 0) is 25.0 Å². The lowest BCUT2D eigenvalue weighted by Crippen LogP contribution is -2.70. The van der Waals surface area contributed by atoms with E-state index in [0.29, 0.717) is 0 Å². The molecule has 0 heterocycles. The average molecular weight is 377 g/mol. The third kappa shape index (κ3) is 3.89. The molecular weight excluding hydrogens is 355 g/mol. The Balaban J connectivity index is 3.76. The monoisotopic (exact) mass is 377 g/mol. The number of anilines is 1. The number of nitrogens with zero attached hydrogens (tertiary/aromatic N) is 1. The minimum absolute atomic E-state index is 0.289. The van der Waals surface area contributed by atoms with E-state index in [9.17, 15) is 33.0 Å². The zero-order valence-electron chi connectivity index (χ0n) is 14.6. The number of ketones is 2. The number of Topliss-reactive ketones (excluding diaryl/α,β-unsaturated/α-hetero) is 2. The molecule has 0 aliphatic carbocycles. The zero-order valence-corrected chi connectivity index (χ0v) is 14.6. The zero-order chi connectivity index (χ0) is 20.3. The van der Waals surface area contributed by atoms with Gasteiger partial charge in [0.1, 0.15) is 12.2 Å². The molecular formula is C17H22F3NO5. The lowest BCUT2D eigenvalue weighted by molar-refractivity contribution is -0.169. The highest BCUT2D eigenvalue weighted by Crippen LogP contribution is 2.41. The number of aliphatic hydroxyl groups is 3. The van der Waals surface area contributed by atoms with E-state index in [0.717, 1.165) is 19.1 Å². The predicted octanol–water partition coefficient (Wildman–Crippen LogP) is 1.28. The SMILES string of the molecule is CC(=O)[C@@](C(=O)C(O)C(O)CO)(C(C)C)N(c1ccccc1)C(F)(F)F. The van der Waals surface area contributed by atoms with Crippen LogP contribution in [-0.2, 0) is 9.59 Å². The third-order valence-electron chi connectivity index (χ3n) is 4.19. The van der Waals surface area contributed by atoms with Gasteiger partial charge < -0.3 is 15.3 Å².